The number of aryl methyl sites for hydroxylation is 1. The van der Waals surface area contributed by atoms with E-state index < -0.39 is 17.3 Å². The van der Waals surface area contributed by atoms with Gasteiger partial charge in [-0.15, -0.1) is 0 Å². The Labute approximate surface area is 269 Å². The summed E-state index contributed by atoms with van der Waals surface area (Å²) in [6.07, 6.45) is -3.20. The fraction of sp³-hybridized carbons (Fsp3) is 0.152. The Morgan fingerprint density at radius 2 is 1.78 bits per heavy atom. The Morgan fingerprint density at radius 1 is 1.02 bits per heavy atom. The molecule has 230 valence electrons. The molecule has 1 N–H and O–H groups in total. The molecule has 1 amide bonds. The van der Waals surface area contributed by atoms with Crippen LogP contribution in [0.5, 0.6) is 11.5 Å². The van der Waals surface area contributed by atoms with E-state index in [9.17, 15) is 22.8 Å². The molecule has 0 atom stereocenters. The molecule has 0 aliphatic rings. The largest absolute Gasteiger partial charge is 0.490 e. The number of hydrogen-bond donors (Lipinski definition) is 1. The van der Waals surface area contributed by atoms with Gasteiger partial charge in [-0.05, 0) is 90.5 Å². The third-order valence-electron chi connectivity index (χ3n) is 6.54. The van der Waals surface area contributed by atoms with Gasteiger partial charge < -0.3 is 14.8 Å². The Kier molecular flexibility index (Phi) is 9.51. The number of aromatic nitrogens is 2. The van der Waals surface area contributed by atoms with E-state index in [2.05, 4.69) is 15.4 Å². The van der Waals surface area contributed by atoms with Gasteiger partial charge >= 0.3 is 6.18 Å². The minimum atomic E-state index is -4.58. The number of hydrogen-bond acceptors (Lipinski definition) is 6. The lowest BCUT2D eigenvalue weighted by Crippen LogP contribution is -2.21. The van der Waals surface area contributed by atoms with Crippen LogP contribution in [0.25, 0.3) is 22.3 Å². The van der Waals surface area contributed by atoms with Crippen LogP contribution in [-0.4, -0.2) is 35.0 Å². The summed E-state index contributed by atoms with van der Waals surface area (Å²) in [6.45, 7) is 3.78. The molecule has 5 rings (SSSR count). The van der Waals surface area contributed by atoms with E-state index in [0.29, 0.717) is 38.4 Å². The number of carbonyl (C=O) groups is 1. The van der Waals surface area contributed by atoms with E-state index in [1.54, 1.807) is 55.5 Å². The van der Waals surface area contributed by atoms with Crippen LogP contribution in [0.1, 0.15) is 23.6 Å². The second kappa shape index (κ2) is 13.5. The van der Waals surface area contributed by atoms with Crippen LogP contribution in [0, 0.1) is 10.5 Å². The van der Waals surface area contributed by atoms with Crippen LogP contribution >= 0.6 is 22.6 Å². The van der Waals surface area contributed by atoms with Crippen molar-refractivity contribution in [3.63, 3.8) is 0 Å². The van der Waals surface area contributed by atoms with E-state index in [0.717, 1.165) is 22.4 Å². The number of rotatable bonds is 9. The van der Waals surface area contributed by atoms with Crippen LogP contribution in [0.2, 0.25) is 0 Å². The van der Waals surface area contributed by atoms with E-state index in [-0.39, 0.29) is 29.3 Å². The lowest BCUT2D eigenvalue weighted by Gasteiger charge is -2.15. The lowest BCUT2D eigenvalue weighted by atomic mass is 10.1. The maximum absolute atomic E-state index is 13.5. The molecule has 0 saturated carbocycles. The maximum Gasteiger partial charge on any atom is 0.416 e. The molecule has 0 aliphatic heterocycles. The van der Waals surface area contributed by atoms with Crippen molar-refractivity contribution in [3.05, 3.63) is 116 Å². The number of halogens is 4. The molecular weight excluding hydrogens is 700 g/mol. The van der Waals surface area contributed by atoms with E-state index in [1.807, 2.05) is 41.6 Å². The molecular formula is C33H26F3IN4O4. The van der Waals surface area contributed by atoms with Crippen molar-refractivity contribution in [1.29, 1.82) is 0 Å². The SMILES string of the molecule is CCOc1cc(C=Nn2c(-c3cccc(C(F)(F)F)c3)nc3ccccc3c2=O)cc(I)c1OCC(=O)Nc1ccc(C)cc1. The first-order chi connectivity index (χ1) is 21.5. The number of amides is 1. The molecule has 0 radical (unpaired) electrons. The summed E-state index contributed by atoms with van der Waals surface area (Å²) in [4.78, 5) is 30.5. The Balaban J connectivity index is 1.48. The van der Waals surface area contributed by atoms with Gasteiger partial charge in [0.2, 0.25) is 0 Å². The lowest BCUT2D eigenvalue weighted by molar-refractivity contribution is -0.137. The monoisotopic (exact) mass is 726 g/mol. The number of carbonyl (C=O) groups excluding carboxylic acids is 1. The highest BCUT2D eigenvalue weighted by Gasteiger charge is 2.31. The zero-order valence-electron chi connectivity index (χ0n) is 24.1. The van der Waals surface area contributed by atoms with Crippen LogP contribution in [0.15, 0.2) is 94.8 Å². The van der Waals surface area contributed by atoms with Gasteiger partial charge in [0.05, 0.1) is 32.9 Å². The third kappa shape index (κ3) is 7.51. The number of para-hydroxylation sites is 1. The number of nitrogens with one attached hydrogen (secondary N) is 1. The molecule has 4 aromatic carbocycles. The summed E-state index contributed by atoms with van der Waals surface area (Å²) in [5, 5.41) is 7.40. The van der Waals surface area contributed by atoms with Crippen molar-refractivity contribution in [1.82, 2.24) is 9.66 Å². The van der Waals surface area contributed by atoms with E-state index >= 15 is 0 Å². The number of alkyl halides is 3. The van der Waals surface area contributed by atoms with Gasteiger partial charge in [-0.25, -0.2) is 4.98 Å². The molecule has 8 nitrogen and oxygen atoms in total. The molecule has 12 heteroatoms. The van der Waals surface area contributed by atoms with Crippen molar-refractivity contribution in [2.24, 2.45) is 5.10 Å². The minimum Gasteiger partial charge on any atom is -0.490 e. The van der Waals surface area contributed by atoms with Crippen molar-refractivity contribution < 1.29 is 27.4 Å². The Morgan fingerprint density at radius 3 is 2.51 bits per heavy atom. The summed E-state index contributed by atoms with van der Waals surface area (Å²) in [5.41, 5.74) is 1.18. The zero-order chi connectivity index (χ0) is 32.1. The van der Waals surface area contributed by atoms with Crippen molar-refractivity contribution in [2.45, 2.75) is 20.0 Å². The van der Waals surface area contributed by atoms with Gasteiger partial charge in [-0.3, -0.25) is 9.59 Å². The molecule has 0 unspecified atom stereocenters. The van der Waals surface area contributed by atoms with Gasteiger partial charge in [0.25, 0.3) is 11.5 Å². The average molecular weight is 726 g/mol. The molecule has 0 fully saturated rings. The van der Waals surface area contributed by atoms with Gasteiger partial charge in [0.15, 0.2) is 23.9 Å². The number of ether oxygens (including phenoxy) is 2. The molecule has 0 bridgehead atoms. The van der Waals surface area contributed by atoms with Crippen molar-refractivity contribution >= 4 is 51.3 Å². The highest BCUT2D eigenvalue weighted by molar-refractivity contribution is 14.1. The van der Waals surface area contributed by atoms with Gasteiger partial charge in [-0.1, -0.05) is 42.0 Å². The standard InChI is InChI=1S/C33H26F3IN4O4/c1-3-44-28-16-21(15-26(37)30(28)45-19-29(42)39-24-13-11-20(2)12-14-24)18-38-41-31(22-7-6-8-23(17-22)33(34,35)36)40-27-10-5-4-9-25(27)32(41)43/h4-18H,3,19H2,1-2H3,(H,39,42). The molecule has 1 aromatic heterocycles. The first kappa shape index (κ1) is 31.7. The summed E-state index contributed by atoms with van der Waals surface area (Å²) < 4.78 is 53.7. The second-order valence-corrected chi connectivity index (χ2v) is 11.0. The molecule has 5 aromatic rings. The first-order valence-corrected chi connectivity index (χ1v) is 14.8. The topological polar surface area (TPSA) is 94.8 Å². The average Bonchev–Trinajstić information content (AvgIpc) is 3.01. The highest BCUT2D eigenvalue weighted by atomic mass is 127. The smallest absolute Gasteiger partial charge is 0.416 e. The quantitative estimate of drug-likeness (QED) is 0.127. The number of benzene rings is 4. The number of anilines is 1. The Bertz CT molecular complexity index is 1960. The zero-order valence-corrected chi connectivity index (χ0v) is 26.2. The van der Waals surface area contributed by atoms with Gasteiger partial charge in [0, 0.05) is 11.3 Å². The molecule has 0 spiro atoms. The van der Waals surface area contributed by atoms with Crippen molar-refractivity contribution in [3.8, 4) is 22.9 Å². The molecule has 45 heavy (non-hydrogen) atoms. The highest BCUT2D eigenvalue weighted by Crippen LogP contribution is 2.34. The predicted molar refractivity (Wildman–Crippen MR) is 175 cm³/mol. The Hall–Kier alpha value is -4.72. The van der Waals surface area contributed by atoms with E-state index in [1.165, 1.54) is 18.3 Å². The maximum atomic E-state index is 13.5. The van der Waals surface area contributed by atoms with Crippen LogP contribution in [-0.2, 0) is 11.0 Å². The van der Waals surface area contributed by atoms with Gasteiger partial charge in [-0.2, -0.15) is 22.9 Å². The van der Waals surface area contributed by atoms with Crippen LogP contribution in [0.4, 0.5) is 18.9 Å². The normalized spacial score (nSPS) is 11.6. The number of nitrogens with zero attached hydrogens (tertiary/aromatic N) is 3. The summed E-state index contributed by atoms with van der Waals surface area (Å²) >= 11 is 2.04. The summed E-state index contributed by atoms with van der Waals surface area (Å²) in [7, 11) is 0. The summed E-state index contributed by atoms with van der Waals surface area (Å²) in [6, 6.07) is 21.8. The van der Waals surface area contributed by atoms with Gasteiger partial charge in [0.1, 0.15) is 0 Å². The fourth-order valence-corrected chi connectivity index (χ4v) is 5.19. The fourth-order valence-electron chi connectivity index (χ4n) is 4.41. The van der Waals surface area contributed by atoms with Crippen molar-refractivity contribution in [2.75, 3.05) is 18.5 Å². The molecule has 1 heterocycles. The summed E-state index contributed by atoms with van der Waals surface area (Å²) in [5.74, 6) is 0.285. The second-order valence-electron chi connectivity index (χ2n) is 9.86. The van der Waals surface area contributed by atoms with Crippen LogP contribution in [0.3, 0.4) is 0 Å². The predicted octanol–water partition coefficient (Wildman–Crippen LogP) is 7.29. The van der Waals surface area contributed by atoms with Crippen LogP contribution < -0.4 is 20.3 Å². The minimum absolute atomic E-state index is 0.0553. The molecule has 0 saturated heterocycles. The first-order valence-electron chi connectivity index (χ1n) is 13.7. The third-order valence-corrected chi connectivity index (χ3v) is 7.34. The molecule has 0 aliphatic carbocycles. The number of fused-ring (bicyclic) bond motifs is 1. The van der Waals surface area contributed by atoms with E-state index in [4.69, 9.17) is 9.47 Å².